The van der Waals surface area contributed by atoms with Crippen molar-refractivity contribution in [2.75, 3.05) is 26.2 Å². The van der Waals surface area contributed by atoms with Gasteiger partial charge in [-0.1, -0.05) is 67.1 Å². The lowest BCUT2D eigenvalue weighted by Crippen LogP contribution is -2.59. The summed E-state index contributed by atoms with van der Waals surface area (Å²) in [4.78, 5) is 87.1. The zero-order chi connectivity index (χ0) is 42.9. The molecule has 20 heteroatoms. The van der Waals surface area contributed by atoms with Crippen LogP contribution in [0.5, 0.6) is 0 Å². The fourth-order valence-electron chi connectivity index (χ4n) is 5.65. The van der Waals surface area contributed by atoms with E-state index in [-0.39, 0.29) is 63.5 Å². The summed E-state index contributed by atoms with van der Waals surface area (Å²) < 4.78 is 0. The van der Waals surface area contributed by atoms with Crippen molar-refractivity contribution < 1.29 is 33.9 Å². The number of rotatable bonds is 27. The van der Waals surface area contributed by atoms with Gasteiger partial charge in [-0.2, -0.15) is 0 Å². The zero-order valence-corrected chi connectivity index (χ0v) is 32.6. The molecule has 0 aliphatic rings. The van der Waals surface area contributed by atoms with Gasteiger partial charge in [0.25, 0.3) is 0 Å². The van der Waals surface area contributed by atoms with Crippen LogP contribution in [0.25, 0.3) is 0 Å². The van der Waals surface area contributed by atoms with Crippen molar-refractivity contribution in [1.82, 2.24) is 26.6 Å². The van der Waals surface area contributed by atoms with E-state index >= 15 is 0 Å². The molecule has 0 aliphatic carbocycles. The second kappa shape index (κ2) is 26.6. The zero-order valence-electron chi connectivity index (χ0n) is 32.6. The van der Waals surface area contributed by atoms with E-state index in [4.69, 9.17) is 34.4 Å². The van der Waals surface area contributed by atoms with E-state index in [0.29, 0.717) is 36.9 Å². The summed E-state index contributed by atoms with van der Waals surface area (Å²) in [6, 6.07) is 11.7. The van der Waals surface area contributed by atoms with Gasteiger partial charge in [0.1, 0.15) is 24.2 Å². The van der Waals surface area contributed by atoms with Gasteiger partial charge in [-0.3, -0.25) is 34.0 Å². The minimum atomic E-state index is -1.34. The van der Waals surface area contributed by atoms with Gasteiger partial charge >= 0.3 is 5.97 Å². The number of aliphatic imine (C=N–C) groups is 2. The average molecular weight is 810 g/mol. The van der Waals surface area contributed by atoms with Gasteiger partial charge in [0.15, 0.2) is 11.9 Å². The molecule has 0 fully saturated rings. The smallest absolute Gasteiger partial charge is 0.326 e. The Bertz CT molecular complexity index is 1670. The molecule has 0 aromatic heterocycles. The van der Waals surface area contributed by atoms with E-state index in [9.17, 15) is 33.9 Å². The first-order valence-electron chi connectivity index (χ1n) is 19.0. The lowest BCUT2D eigenvalue weighted by atomic mass is 10.0. The molecule has 0 unspecified atom stereocenters. The average Bonchev–Trinajstić information content (AvgIpc) is 3.19. The van der Waals surface area contributed by atoms with E-state index in [1.165, 1.54) is 0 Å². The quantitative estimate of drug-likeness (QED) is 0.0246. The van der Waals surface area contributed by atoms with Crippen molar-refractivity contribution >= 4 is 47.4 Å². The highest BCUT2D eigenvalue weighted by atomic mass is 16.4. The predicted molar refractivity (Wildman–Crippen MR) is 219 cm³/mol. The summed E-state index contributed by atoms with van der Waals surface area (Å²) in [6.45, 7) is 0.237. The number of carboxylic acids is 1. The SMILES string of the molecule is NCCCC[C@H](N)C(=O)NCC(=O)N[C@@H](Cc1ccccc1)C(=O)N[C@@H](Cc1ccccc1)C(=O)N[C@@H](CCCN=C(N)N)C(=O)N[C@@H](CCCN=C(N)N)C(=O)O. The fourth-order valence-corrected chi connectivity index (χ4v) is 5.65. The number of hydrogen-bond donors (Lipinski definition) is 12. The molecule has 18 N–H and O–H groups in total. The van der Waals surface area contributed by atoms with Crippen LogP contribution in [0, 0.1) is 0 Å². The topological polar surface area (TPSA) is 364 Å². The van der Waals surface area contributed by atoms with Gasteiger partial charge in [0.05, 0.1) is 12.6 Å². The lowest BCUT2D eigenvalue weighted by molar-refractivity contribution is -0.142. The van der Waals surface area contributed by atoms with Crippen LogP contribution in [0.3, 0.4) is 0 Å². The standard InChI is InChI=1S/C38H59N13O7/c39-18-8-7-15-26(40)32(53)47-23-31(52)48-29(21-24-11-3-1-4-12-24)34(55)51-30(22-25-13-5-2-6-14-25)35(56)49-27(16-9-19-45-37(41)42)33(54)50-28(36(57)58)17-10-20-46-38(43)44/h1-6,11-14,26-30H,7-10,15-23,39-40H2,(H,47,53)(H,48,52)(H,49,56)(H,50,54)(H,51,55)(H,57,58)(H4,41,42,45)(H4,43,44,46)/t26-,27-,28-,29-,30-/m0/s1. The van der Waals surface area contributed by atoms with Crippen molar-refractivity contribution in [2.45, 2.75) is 88.0 Å². The van der Waals surface area contributed by atoms with Gasteiger partial charge in [-0.15, -0.1) is 0 Å². The van der Waals surface area contributed by atoms with Crippen LogP contribution in [0.15, 0.2) is 70.6 Å². The molecular weight excluding hydrogens is 751 g/mol. The summed E-state index contributed by atoms with van der Waals surface area (Å²) >= 11 is 0. The van der Waals surface area contributed by atoms with E-state index < -0.39 is 72.3 Å². The van der Waals surface area contributed by atoms with Crippen LogP contribution in [0.2, 0.25) is 0 Å². The van der Waals surface area contributed by atoms with Gasteiger partial charge in [0, 0.05) is 25.9 Å². The second-order valence-electron chi connectivity index (χ2n) is 13.5. The first kappa shape index (κ1) is 47.9. The number of nitrogens with zero attached hydrogens (tertiary/aromatic N) is 2. The summed E-state index contributed by atoms with van der Waals surface area (Å²) in [5.41, 5.74) is 34.4. The first-order valence-corrected chi connectivity index (χ1v) is 19.0. The molecule has 2 aromatic rings. The van der Waals surface area contributed by atoms with Gasteiger partial charge in [0.2, 0.25) is 29.5 Å². The molecule has 318 valence electrons. The Kier molecular flexibility index (Phi) is 21.9. The third kappa shape index (κ3) is 19.5. The van der Waals surface area contributed by atoms with E-state index in [0.717, 1.165) is 0 Å². The maximum Gasteiger partial charge on any atom is 0.326 e. The Morgan fingerprint density at radius 2 is 1.02 bits per heavy atom. The number of nitrogens with two attached hydrogens (primary N) is 6. The normalized spacial score (nSPS) is 13.3. The molecule has 58 heavy (non-hydrogen) atoms. The van der Waals surface area contributed by atoms with Gasteiger partial charge in [-0.05, 0) is 56.2 Å². The molecule has 5 atom stereocenters. The number of benzene rings is 2. The van der Waals surface area contributed by atoms with Crippen molar-refractivity contribution in [3.05, 3.63) is 71.8 Å². The van der Waals surface area contributed by atoms with Gasteiger partial charge < -0.3 is 66.1 Å². The third-order valence-corrected chi connectivity index (χ3v) is 8.72. The molecule has 0 aliphatic heterocycles. The van der Waals surface area contributed by atoms with Gasteiger partial charge in [-0.25, -0.2) is 4.79 Å². The summed E-state index contributed by atoms with van der Waals surface area (Å²) in [6.07, 6.45) is 2.16. The minimum Gasteiger partial charge on any atom is -0.480 e. The molecule has 0 saturated carbocycles. The summed E-state index contributed by atoms with van der Waals surface area (Å²) in [5, 5.41) is 22.8. The highest BCUT2D eigenvalue weighted by Gasteiger charge is 2.31. The van der Waals surface area contributed by atoms with Crippen molar-refractivity contribution in [1.29, 1.82) is 0 Å². The van der Waals surface area contributed by atoms with Crippen LogP contribution in [-0.4, -0.2) is 109 Å². The minimum absolute atomic E-state index is 0.00418. The Morgan fingerprint density at radius 1 is 0.569 bits per heavy atom. The highest BCUT2D eigenvalue weighted by molar-refractivity contribution is 5.96. The van der Waals surface area contributed by atoms with Crippen LogP contribution in [-0.2, 0) is 41.6 Å². The molecule has 2 rings (SSSR count). The Hall–Kier alpha value is -6.28. The maximum absolute atomic E-state index is 14.1. The second-order valence-corrected chi connectivity index (χ2v) is 13.5. The third-order valence-electron chi connectivity index (χ3n) is 8.72. The fraction of sp³-hybridized carbons (Fsp3) is 0.474. The Morgan fingerprint density at radius 3 is 1.50 bits per heavy atom. The number of carboxylic acid groups (broad SMARTS) is 1. The molecule has 5 amide bonds. The first-order chi connectivity index (χ1) is 27.7. The number of nitrogens with one attached hydrogen (secondary N) is 5. The number of amides is 5. The van der Waals surface area contributed by atoms with Crippen LogP contribution in [0.4, 0.5) is 0 Å². The molecular formula is C38H59N13O7. The molecule has 2 aromatic carbocycles. The largest absolute Gasteiger partial charge is 0.480 e. The van der Waals surface area contributed by atoms with E-state index in [1.54, 1.807) is 60.7 Å². The molecule has 0 heterocycles. The van der Waals surface area contributed by atoms with Crippen molar-refractivity contribution in [2.24, 2.45) is 44.4 Å². The summed E-state index contributed by atoms with van der Waals surface area (Å²) in [7, 11) is 0. The molecule has 20 nitrogen and oxygen atoms in total. The number of carbonyl (C=O) groups is 6. The van der Waals surface area contributed by atoms with Crippen LogP contribution < -0.4 is 61.0 Å². The van der Waals surface area contributed by atoms with Crippen LogP contribution >= 0.6 is 0 Å². The number of aliphatic carboxylic acids is 1. The molecule has 0 spiro atoms. The van der Waals surface area contributed by atoms with E-state index in [2.05, 4.69) is 36.6 Å². The Balaban J connectivity index is 2.34. The van der Waals surface area contributed by atoms with E-state index in [1.807, 2.05) is 0 Å². The molecule has 0 saturated heterocycles. The molecule has 0 bridgehead atoms. The number of carbonyl (C=O) groups excluding carboxylic acids is 5. The summed E-state index contributed by atoms with van der Waals surface area (Å²) in [5.74, 6) is -5.15. The lowest BCUT2D eigenvalue weighted by Gasteiger charge is -2.26. The predicted octanol–water partition coefficient (Wildman–Crippen LogP) is -2.82. The van der Waals surface area contributed by atoms with Crippen molar-refractivity contribution in [3.8, 4) is 0 Å². The maximum atomic E-state index is 14.1. The van der Waals surface area contributed by atoms with Crippen molar-refractivity contribution in [3.63, 3.8) is 0 Å². The highest BCUT2D eigenvalue weighted by Crippen LogP contribution is 2.10. The molecule has 0 radical (unpaired) electrons. The number of hydrogen-bond acceptors (Lipinski definition) is 10. The Labute approximate surface area is 337 Å². The number of guanidine groups is 2. The van der Waals surface area contributed by atoms with Crippen LogP contribution in [0.1, 0.15) is 56.1 Å². The number of unbranched alkanes of at least 4 members (excludes halogenated alkanes) is 1. The monoisotopic (exact) mass is 809 g/mol.